The molecule has 24 heavy (non-hydrogen) atoms. The Morgan fingerprint density at radius 3 is 2.92 bits per heavy atom. The van der Waals surface area contributed by atoms with E-state index in [0.717, 1.165) is 29.7 Å². The van der Waals surface area contributed by atoms with Gasteiger partial charge < -0.3 is 10.1 Å². The smallest absolute Gasteiger partial charge is 0.222 e. The molecule has 0 spiro atoms. The number of nitrogens with one attached hydrogen (secondary N) is 3. The van der Waals surface area contributed by atoms with Crippen LogP contribution in [0.25, 0.3) is 11.1 Å². The summed E-state index contributed by atoms with van der Waals surface area (Å²) < 4.78 is 5.69. The Morgan fingerprint density at radius 2 is 2.12 bits per heavy atom. The standard InChI is InChI=1S/C17H17N5OS/c1-23-14-9-11(7-8-18-14)13-6-5-10-3-2-4-12(10)15(13)19-16-20-17(24)22-21-16/h5-9H,2-4H2,1H3,(H3,19,20,21,22,24). The van der Waals surface area contributed by atoms with Crippen molar-refractivity contribution in [3.8, 4) is 17.0 Å². The van der Waals surface area contributed by atoms with Crippen LogP contribution in [0.3, 0.4) is 0 Å². The maximum absolute atomic E-state index is 5.26. The zero-order chi connectivity index (χ0) is 16.5. The van der Waals surface area contributed by atoms with E-state index in [0.29, 0.717) is 16.6 Å². The molecule has 0 radical (unpaired) electrons. The number of hydrogen-bond donors (Lipinski definition) is 3. The van der Waals surface area contributed by atoms with Crippen LogP contribution in [0.1, 0.15) is 17.5 Å². The number of H-pyrrole nitrogens is 2. The summed E-state index contributed by atoms with van der Waals surface area (Å²) in [5, 5.41) is 9.18. The second-order valence-electron chi connectivity index (χ2n) is 5.71. The molecule has 0 unspecified atom stereocenters. The van der Waals surface area contributed by atoms with Gasteiger partial charge in [-0.1, -0.05) is 12.1 Å². The molecule has 122 valence electrons. The number of rotatable bonds is 4. The zero-order valence-corrected chi connectivity index (χ0v) is 14.0. The molecule has 1 aliphatic rings. The molecule has 1 aromatic carbocycles. The average molecular weight is 339 g/mol. The summed E-state index contributed by atoms with van der Waals surface area (Å²) in [6.45, 7) is 0. The Balaban J connectivity index is 1.85. The van der Waals surface area contributed by atoms with E-state index in [9.17, 15) is 0 Å². The van der Waals surface area contributed by atoms with Crippen LogP contribution in [0.4, 0.5) is 11.6 Å². The maximum atomic E-state index is 5.26. The Morgan fingerprint density at radius 1 is 1.21 bits per heavy atom. The Kier molecular flexibility index (Phi) is 3.78. The van der Waals surface area contributed by atoms with Crippen molar-refractivity contribution >= 4 is 23.9 Å². The van der Waals surface area contributed by atoms with Crippen molar-refractivity contribution in [1.29, 1.82) is 0 Å². The summed E-state index contributed by atoms with van der Waals surface area (Å²) in [5.74, 6) is 1.21. The highest BCUT2D eigenvalue weighted by Crippen LogP contribution is 2.39. The van der Waals surface area contributed by atoms with Crippen molar-refractivity contribution in [3.05, 3.63) is 46.4 Å². The SMILES string of the molecule is COc1cc(-c2ccc3c(c2Nc2nc(=S)[nH][nH]2)CCC3)ccn1. The fraction of sp³-hybridized carbons (Fsp3) is 0.235. The van der Waals surface area contributed by atoms with Gasteiger partial charge in [0.2, 0.25) is 16.6 Å². The third-order valence-electron chi connectivity index (χ3n) is 4.28. The van der Waals surface area contributed by atoms with Crippen molar-refractivity contribution in [2.75, 3.05) is 12.4 Å². The van der Waals surface area contributed by atoms with E-state index in [4.69, 9.17) is 17.0 Å². The molecule has 0 atom stereocenters. The van der Waals surface area contributed by atoms with Gasteiger partial charge in [-0.2, -0.15) is 4.98 Å². The van der Waals surface area contributed by atoms with E-state index in [1.165, 1.54) is 17.5 Å². The summed E-state index contributed by atoms with van der Waals surface area (Å²) in [5.41, 5.74) is 5.94. The summed E-state index contributed by atoms with van der Waals surface area (Å²) in [7, 11) is 1.62. The van der Waals surface area contributed by atoms with Gasteiger partial charge in [-0.05, 0) is 54.2 Å². The highest BCUT2D eigenvalue weighted by atomic mass is 32.1. The van der Waals surface area contributed by atoms with Crippen LogP contribution in [0.2, 0.25) is 0 Å². The van der Waals surface area contributed by atoms with Gasteiger partial charge in [0.1, 0.15) is 0 Å². The number of pyridine rings is 1. The van der Waals surface area contributed by atoms with Crippen LogP contribution < -0.4 is 10.1 Å². The highest BCUT2D eigenvalue weighted by Gasteiger charge is 2.20. The number of aryl methyl sites for hydroxylation is 1. The van der Waals surface area contributed by atoms with Gasteiger partial charge in [-0.15, -0.1) is 0 Å². The molecule has 0 fully saturated rings. The quantitative estimate of drug-likeness (QED) is 0.631. The monoisotopic (exact) mass is 339 g/mol. The summed E-state index contributed by atoms with van der Waals surface area (Å²) in [4.78, 5) is 8.45. The van der Waals surface area contributed by atoms with Gasteiger partial charge in [-0.25, -0.2) is 4.98 Å². The molecule has 0 saturated heterocycles. The van der Waals surface area contributed by atoms with Crippen LogP contribution in [0.5, 0.6) is 5.88 Å². The summed E-state index contributed by atoms with van der Waals surface area (Å²) in [6, 6.07) is 8.27. The number of aromatic nitrogens is 4. The van der Waals surface area contributed by atoms with Gasteiger partial charge in [0.15, 0.2) is 0 Å². The first-order valence-corrected chi connectivity index (χ1v) is 8.22. The second kappa shape index (κ2) is 6.09. The molecular weight excluding hydrogens is 322 g/mol. The number of benzene rings is 1. The van der Waals surface area contributed by atoms with Crippen LogP contribution in [0.15, 0.2) is 30.5 Å². The predicted octanol–water partition coefficient (Wildman–Crippen LogP) is 3.77. The number of methoxy groups -OCH3 is 1. The van der Waals surface area contributed by atoms with Crippen molar-refractivity contribution in [2.45, 2.75) is 19.3 Å². The lowest BCUT2D eigenvalue weighted by Crippen LogP contribution is -2.01. The highest BCUT2D eigenvalue weighted by molar-refractivity contribution is 7.71. The van der Waals surface area contributed by atoms with E-state index >= 15 is 0 Å². The number of aromatic amines is 2. The van der Waals surface area contributed by atoms with Crippen molar-refractivity contribution in [2.24, 2.45) is 0 Å². The Labute approximate surface area is 144 Å². The number of ether oxygens (including phenoxy) is 1. The van der Waals surface area contributed by atoms with Gasteiger partial charge in [0, 0.05) is 17.8 Å². The Bertz CT molecular complexity index is 946. The third kappa shape index (κ3) is 2.67. The first-order valence-electron chi connectivity index (χ1n) is 7.81. The van der Waals surface area contributed by atoms with Gasteiger partial charge in [0.05, 0.1) is 12.8 Å². The fourth-order valence-corrected chi connectivity index (χ4v) is 3.33. The lowest BCUT2D eigenvalue weighted by atomic mass is 9.98. The number of fused-ring (bicyclic) bond motifs is 1. The van der Waals surface area contributed by atoms with Crippen molar-refractivity contribution in [3.63, 3.8) is 0 Å². The van der Waals surface area contributed by atoms with E-state index in [1.807, 2.05) is 12.1 Å². The van der Waals surface area contributed by atoms with E-state index < -0.39 is 0 Å². The molecule has 7 heteroatoms. The van der Waals surface area contributed by atoms with E-state index in [1.54, 1.807) is 13.3 Å². The molecule has 4 rings (SSSR count). The first kappa shape index (κ1) is 14.9. The molecule has 0 aliphatic heterocycles. The fourth-order valence-electron chi connectivity index (χ4n) is 3.19. The number of anilines is 2. The van der Waals surface area contributed by atoms with Gasteiger partial charge in [-0.3, -0.25) is 10.2 Å². The minimum atomic E-state index is 0.428. The first-order chi connectivity index (χ1) is 11.7. The molecule has 1 aliphatic carbocycles. The molecular formula is C17H17N5OS. The normalized spacial score (nSPS) is 12.9. The maximum Gasteiger partial charge on any atom is 0.222 e. The molecule has 3 aromatic rings. The summed E-state index contributed by atoms with van der Waals surface area (Å²) >= 11 is 5.04. The van der Waals surface area contributed by atoms with Crippen LogP contribution >= 0.6 is 12.2 Å². The van der Waals surface area contributed by atoms with Crippen LogP contribution in [0, 0.1) is 4.77 Å². The predicted molar refractivity (Wildman–Crippen MR) is 95.3 cm³/mol. The molecule has 2 heterocycles. The van der Waals surface area contributed by atoms with E-state index in [2.05, 4.69) is 37.6 Å². The van der Waals surface area contributed by atoms with Gasteiger partial charge in [0.25, 0.3) is 0 Å². The lowest BCUT2D eigenvalue weighted by Gasteiger charge is -2.16. The number of nitrogens with zero attached hydrogens (tertiary/aromatic N) is 2. The molecule has 0 saturated carbocycles. The molecule has 2 aromatic heterocycles. The summed E-state index contributed by atoms with van der Waals surface area (Å²) in [6.07, 6.45) is 5.09. The lowest BCUT2D eigenvalue weighted by molar-refractivity contribution is 0.398. The van der Waals surface area contributed by atoms with Crippen LogP contribution in [-0.4, -0.2) is 27.3 Å². The minimum absolute atomic E-state index is 0.428. The zero-order valence-electron chi connectivity index (χ0n) is 13.2. The van der Waals surface area contributed by atoms with Gasteiger partial charge >= 0.3 is 0 Å². The average Bonchev–Trinajstić information content (AvgIpc) is 3.24. The largest absolute Gasteiger partial charge is 0.481 e. The molecule has 0 bridgehead atoms. The Hall–Kier alpha value is -2.67. The van der Waals surface area contributed by atoms with Crippen molar-refractivity contribution < 1.29 is 4.74 Å². The molecule has 3 N–H and O–H groups in total. The molecule has 6 nitrogen and oxygen atoms in total. The topological polar surface area (TPSA) is 78.6 Å². The molecule has 0 amide bonds. The number of hydrogen-bond acceptors (Lipinski definition) is 5. The second-order valence-corrected chi connectivity index (χ2v) is 6.09. The van der Waals surface area contributed by atoms with E-state index in [-0.39, 0.29) is 0 Å². The minimum Gasteiger partial charge on any atom is -0.481 e. The van der Waals surface area contributed by atoms with Crippen molar-refractivity contribution in [1.82, 2.24) is 20.2 Å². The third-order valence-corrected chi connectivity index (χ3v) is 4.48. The van der Waals surface area contributed by atoms with Crippen LogP contribution in [-0.2, 0) is 12.8 Å².